The van der Waals surface area contributed by atoms with Crippen LogP contribution in [0.25, 0.3) is 11.1 Å². The van der Waals surface area contributed by atoms with Gasteiger partial charge in [0.05, 0.1) is 10.7 Å². The number of hydrogen-bond acceptors (Lipinski definition) is 3. The number of carbonyl (C=O) groups is 2. The number of nitrogens with one attached hydrogen (secondary N) is 2. The highest BCUT2D eigenvalue weighted by molar-refractivity contribution is 6.34. The highest BCUT2D eigenvalue weighted by atomic mass is 35.5. The maximum atomic E-state index is 12.5. The summed E-state index contributed by atoms with van der Waals surface area (Å²) in [5.41, 5.74) is 3.19. The van der Waals surface area contributed by atoms with Gasteiger partial charge >= 0.3 is 0 Å². The van der Waals surface area contributed by atoms with Crippen LogP contribution in [0.2, 0.25) is 5.02 Å². The van der Waals surface area contributed by atoms with Gasteiger partial charge in [0.25, 0.3) is 5.91 Å². The van der Waals surface area contributed by atoms with E-state index in [1.165, 1.54) is 6.92 Å². The topological polar surface area (TPSA) is 67.4 Å². The van der Waals surface area contributed by atoms with Gasteiger partial charge in [-0.1, -0.05) is 54.1 Å². The predicted molar refractivity (Wildman–Crippen MR) is 116 cm³/mol. The fourth-order valence-electron chi connectivity index (χ4n) is 2.75. The Morgan fingerprint density at radius 2 is 1.55 bits per heavy atom. The van der Waals surface area contributed by atoms with E-state index in [-0.39, 0.29) is 11.8 Å². The first-order valence-corrected chi connectivity index (χ1v) is 9.50. The molecular weight excluding hydrogens is 388 g/mol. The fraction of sp³-hybridized carbons (Fsp3) is 0.130. The van der Waals surface area contributed by atoms with E-state index in [2.05, 4.69) is 10.6 Å². The monoisotopic (exact) mass is 408 g/mol. The van der Waals surface area contributed by atoms with Crippen LogP contribution in [-0.2, 0) is 9.59 Å². The maximum absolute atomic E-state index is 12.5. The first-order valence-electron chi connectivity index (χ1n) is 9.12. The molecule has 5 nitrogen and oxygen atoms in total. The van der Waals surface area contributed by atoms with E-state index in [4.69, 9.17) is 16.3 Å². The molecule has 1 atom stereocenters. The van der Waals surface area contributed by atoms with Gasteiger partial charge < -0.3 is 15.4 Å². The molecule has 0 fully saturated rings. The van der Waals surface area contributed by atoms with E-state index < -0.39 is 6.10 Å². The van der Waals surface area contributed by atoms with Crippen LogP contribution in [0.1, 0.15) is 13.8 Å². The molecule has 3 aromatic rings. The minimum atomic E-state index is -0.719. The molecule has 2 amide bonds. The number of carbonyl (C=O) groups excluding carboxylic acids is 2. The van der Waals surface area contributed by atoms with Crippen LogP contribution in [-0.4, -0.2) is 17.9 Å². The molecule has 0 radical (unpaired) electrons. The molecule has 2 N–H and O–H groups in total. The Hall–Kier alpha value is -3.31. The molecule has 0 saturated carbocycles. The van der Waals surface area contributed by atoms with E-state index in [9.17, 15) is 9.59 Å². The molecule has 0 aromatic heterocycles. The van der Waals surface area contributed by atoms with E-state index in [1.54, 1.807) is 25.1 Å². The molecule has 29 heavy (non-hydrogen) atoms. The Morgan fingerprint density at radius 3 is 2.17 bits per heavy atom. The third kappa shape index (κ3) is 5.59. The zero-order valence-corrected chi connectivity index (χ0v) is 16.9. The summed E-state index contributed by atoms with van der Waals surface area (Å²) in [5, 5.41) is 5.70. The second kappa shape index (κ2) is 9.26. The number of halogens is 1. The van der Waals surface area contributed by atoms with Gasteiger partial charge in [-0.3, -0.25) is 9.59 Å². The van der Waals surface area contributed by atoms with Gasteiger partial charge in [0.1, 0.15) is 5.75 Å². The van der Waals surface area contributed by atoms with Gasteiger partial charge in [0.15, 0.2) is 6.10 Å². The molecule has 3 rings (SSSR count). The summed E-state index contributed by atoms with van der Waals surface area (Å²) in [7, 11) is 0. The van der Waals surface area contributed by atoms with Crippen molar-refractivity contribution < 1.29 is 14.3 Å². The summed E-state index contributed by atoms with van der Waals surface area (Å²) in [6, 6.07) is 22.5. The normalized spacial score (nSPS) is 11.4. The number of amides is 2. The lowest BCUT2D eigenvalue weighted by Gasteiger charge is -2.16. The van der Waals surface area contributed by atoms with Crippen molar-refractivity contribution in [3.05, 3.63) is 77.8 Å². The SMILES string of the molecule is CC(=O)Nc1ccc(NC(=O)C(C)Oc2ccc(-c3ccccc3)cc2)c(Cl)c1. The zero-order chi connectivity index (χ0) is 20.8. The predicted octanol–water partition coefficient (Wildman–Crippen LogP) is 5.37. The van der Waals surface area contributed by atoms with Crippen molar-refractivity contribution in [2.24, 2.45) is 0 Å². The lowest BCUT2D eigenvalue weighted by atomic mass is 10.1. The van der Waals surface area contributed by atoms with Crippen molar-refractivity contribution >= 4 is 34.8 Å². The molecule has 0 heterocycles. The van der Waals surface area contributed by atoms with Crippen LogP contribution < -0.4 is 15.4 Å². The highest BCUT2D eigenvalue weighted by Crippen LogP contribution is 2.26. The van der Waals surface area contributed by atoms with Crippen LogP contribution in [0.4, 0.5) is 11.4 Å². The molecule has 0 aliphatic rings. The Morgan fingerprint density at radius 1 is 0.897 bits per heavy atom. The summed E-state index contributed by atoms with van der Waals surface area (Å²) in [6.45, 7) is 3.08. The first-order chi connectivity index (χ1) is 13.9. The largest absolute Gasteiger partial charge is 0.481 e. The summed E-state index contributed by atoms with van der Waals surface area (Å²) >= 11 is 6.19. The molecule has 1 unspecified atom stereocenters. The molecule has 0 aliphatic carbocycles. The lowest BCUT2D eigenvalue weighted by Crippen LogP contribution is -2.30. The van der Waals surface area contributed by atoms with Crippen LogP contribution in [0.15, 0.2) is 72.8 Å². The van der Waals surface area contributed by atoms with Crippen molar-refractivity contribution in [1.29, 1.82) is 0 Å². The second-order valence-corrected chi connectivity index (χ2v) is 6.92. The minimum absolute atomic E-state index is 0.196. The average molecular weight is 409 g/mol. The van der Waals surface area contributed by atoms with E-state index in [0.29, 0.717) is 22.1 Å². The van der Waals surface area contributed by atoms with Crippen LogP contribution in [0.5, 0.6) is 5.75 Å². The summed E-state index contributed by atoms with van der Waals surface area (Å²) in [6.07, 6.45) is -0.719. The summed E-state index contributed by atoms with van der Waals surface area (Å²) < 4.78 is 5.74. The van der Waals surface area contributed by atoms with Crippen molar-refractivity contribution in [2.75, 3.05) is 10.6 Å². The number of hydrogen-bond donors (Lipinski definition) is 2. The number of ether oxygens (including phenoxy) is 1. The van der Waals surface area contributed by atoms with Gasteiger partial charge in [-0.2, -0.15) is 0 Å². The first kappa shape index (κ1) is 20.4. The van der Waals surface area contributed by atoms with Crippen molar-refractivity contribution in [3.8, 4) is 16.9 Å². The summed E-state index contributed by atoms with van der Waals surface area (Å²) in [4.78, 5) is 23.6. The molecule has 0 spiro atoms. The van der Waals surface area contributed by atoms with Crippen LogP contribution in [0.3, 0.4) is 0 Å². The summed E-state index contributed by atoms with van der Waals surface area (Å²) in [5.74, 6) is 0.0731. The molecule has 0 saturated heterocycles. The number of benzene rings is 3. The highest BCUT2D eigenvalue weighted by Gasteiger charge is 2.16. The van der Waals surface area contributed by atoms with Gasteiger partial charge in [-0.25, -0.2) is 0 Å². The molecule has 0 aliphatic heterocycles. The lowest BCUT2D eigenvalue weighted by molar-refractivity contribution is -0.122. The smallest absolute Gasteiger partial charge is 0.265 e. The Kier molecular flexibility index (Phi) is 6.52. The Labute approximate surface area is 174 Å². The fourth-order valence-corrected chi connectivity index (χ4v) is 2.97. The van der Waals surface area contributed by atoms with Crippen molar-refractivity contribution in [3.63, 3.8) is 0 Å². The molecule has 148 valence electrons. The van der Waals surface area contributed by atoms with Gasteiger partial charge in [-0.05, 0) is 48.4 Å². The number of rotatable bonds is 6. The molecule has 0 bridgehead atoms. The standard InChI is InChI=1S/C23H21ClN2O3/c1-15(23(28)26-22-13-10-19(14-21(22)24)25-16(2)27)29-20-11-8-18(9-12-20)17-6-4-3-5-7-17/h3-15H,1-2H3,(H,25,27)(H,26,28). The maximum Gasteiger partial charge on any atom is 0.265 e. The minimum Gasteiger partial charge on any atom is -0.481 e. The molecule has 3 aromatic carbocycles. The van der Waals surface area contributed by atoms with E-state index in [0.717, 1.165) is 11.1 Å². The molecule has 6 heteroatoms. The molecular formula is C23H21ClN2O3. The van der Waals surface area contributed by atoms with Crippen LogP contribution >= 0.6 is 11.6 Å². The van der Waals surface area contributed by atoms with Gasteiger partial charge in [0, 0.05) is 12.6 Å². The Balaban J connectivity index is 1.61. The average Bonchev–Trinajstić information content (AvgIpc) is 2.70. The van der Waals surface area contributed by atoms with E-state index >= 15 is 0 Å². The number of anilines is 2. The van der Waals surface area contributed by atoms with Crippen molar-refractivity contribution in [2.45, 2.75) is 20.0 Å². The quantitative estimate of drug-likeness (QED) is 0.576. The third-order valence-corrected chi connectivity index (χ3v) is 4.50. The van der Waals surface area contributed by atoms with Gasteiger partial charge in [0.2, 0.25) is 5.91 Å². The van der Waals surface area contributed by atoms with Crippen LogP contribution in [0, 0.1) is 0 Å². The Bertz CT molecular complexity index is 1000. The third-order valence-electron chi connectivity index (χ3n) is 4.19. The van der Waals surface area contributed by atoms with Gasteiger partial charge in [-0.15, -0.1) is 0 Å². The van der Waals surface area contributed by atoms with Crippen molar-refractivity contribution in [1.82, 2.24) is 0 Å². The zero-order valence-electron chi connectivity index (χ0n) is 16.1. The van der Waals surface area contributed by atoms with E-state index in [1.807, 2.05) is 54.6 Å². The second-order valence-electron chi connectivity index (χ2n) is 6.52.